The van der Waals surface area contributed by atoms with Crippen molar-refractivity contribution < 1.29 is 0 Å². The number of benzene rings is 6. The van der Waals surface area contributed by atoms with Crippen LogP contribution >= 0.6 is 0 Å². The highest BCUT2D eigenvalue weighted by molar-refractivity contribution is 6.28. The Morgan fingerprint density at radius 1 is 0.568 bits per heavy atom. The molecule has 0 spiro atoms. The number of pyridine rings is 2. The van der Waals surface area contributed by atoms with Gasteiger partial charge in [-0.25, -0.2) is 4.98 Å². The second kappa shape index (κ2) is 8.30. The summed E-state index contributed by atoms with van der Waals surface area (Å²) in [5.41, 5.74) is 8.44. The first kappa shape index (κ1) is 24.0. The molecule has 0 aliphatic heterocycles. The van der Waals surface area contributed by atoms with Crippen LogP contribution in [0.4, 0.5) is 0 Å². The topological polar surface area (TPSA) is 30.7 Å². The summed E-state index contributed by atoms with van der Waals surface area (Å²) in [6.45, 7) is 4.69. The van der Waals surface area contributed by atoms with Gasteiger partial charge >= 0.3 is 0 Å². The third-order valence-electron chi connectivity index (χ3n) is 10.0. The highest BCUT2D eigenvalue weighted by atomic mass is 15.1. The fourth-order valence-corrected chi connectivity index (χ4v) is 8.19. The lowest BCUT2D eigenvalue weighted by Crippen LogP contribution is -2.16. The van der Waals surface area contributed by atoms with Crippen LogP contribution in [0.1, 0.15) is 25.0 Å². The Balaban J connectivity index is 1.44. The molecule has 0 atom stereocenters. The molecule has 3 heteroatoms. The second-order valence-electron chi connectivity index (χ2n) is 12.6. The molecule has 206 valence electrons. The number of aromatic nitrogens is 3. The maximum absolute atomic E-state index is 5.25. The van der Waals surface area contributed by atoms with Crippen molar-refractivity contribution in [2.75, 3.05) is 0 Å². The van der Waals surface area contributed by atoms with Crippen LogP contribution in [0.15, 0.2) is 128 Å². The Morgan fingerprint density at radius 2 is 1.18 bits per heavy atom. The van der Waals surface area contributed by atoms with Gasteiger partial charge in [-0.1, -0.05) is 111 Å². The highest BCUT2D eigenvalue weighted by Gasteiger charge is 2.40. The maximum atomic E-state index is 5.25. The summed E-state index contributed by atoms with van der Waals surface area (Å²) in [4.78, 5) is 10.3. The molecular weight excluding hydrogens is 534 g/mol. The van der Waals surface area contributed by atoms with Gasteiger partial charge in [-0.05, 0) is 61.8 Å². The zero-order chi connectivity index (χ0) is 29.2. The van der Waals surface area contributed by atoms with Crippen molar-refractivity contribution in [1.29, 1.82) is 0 Å². The number of hydrogen-bond acceptors (Lipinski definition) is 2. The summed E-state index contributed by atoms with van der Waals surface area (Å²) in [6.07, 6.45) is 4.02. The van der Waals surface area contributed by atoms with E-state index < -0.39 is 0 Å². The van der Waals surface area contributed by atoms with Crippen LogP contribution in [0.3, 0.4) is 0 Å². The normalized spacial score (nSPS) is 13.9. The van der Waals surface area contributed by atoms with Crippen LogP contribution in [-0.2, 0) is 5.41 Å². The minimum atomic E-state index is -0.195. The zero-order valence-corrected chi connectivity index (χ0v) is 24.5. The van der Waals surface area contributed by atoms with Crippen LogP contribution in [-0.4, -0.2) is 14.5 Å². The quantitative estimate of drug-likeness (QED) is 0.187. The van der Waals surface area contributed by atoms with Gasteiger partial charge in [0.25, 0.3) is 0 Å². The van der Waals surface area contributed by atoms with Crippen LogP contribution in [0.25, 0.3) is 82.0 Å². The van der Waals surface area contributed by atoms with E-state index in [1.54, 1.807) is 0 Å². The fraction of sp³-hybridized carbons (Fsp3) is 0.0732. The average Bonchev–Trinajstić information content (AvgIpc) is 3.54. The summed E-state index contributed by atoms with van der Waals surface area (Å²) in [5, 5.41) is 11.0. The summed E-state index contributed by atoms with van der Waals surface area (Å²) in [7, 11) is 0. The van der Waals surface area contributed by atoms with Crippen molar-refractivity contribution in [2.45, 2.75) is 19.3 Å². The summed E-state index contributed by atoms with van der Waals surface area (Å²) in [6, 6.07) is 41.7. The molecule has 9 aromatic rings. The minimum absolute atomic E-state index is 0.195. The van der Waals surface area contributed by atoms with Gasteiger partial charge in [-0.3, -0.25) is 9.55 Å². The first-order valence-corrected chi connectivity index (χ1v) is 15.3. The summed E-state index contributed by atoms with van der Waals surface area (Å²) < 4.78 is 2.41. The Labute approximate surface area is 254 Å². The van der Waals surface area contributed by atoms with E-state index >= 15 is 0 Å². The smallest absolute Gasteiger partial charge is 0.138 e. The number of para-hydroxylation sites is 1. The first-order valence-electron chi connectivity index (χ1n) is 15.3. The zero-order valence-electron chi connectivity index (χ0n) is 24.5. The van der Waals surface area contributed by atoms with E-state index in [1.807, 2.05) is 6.20 Å². The fourth-order valence-electron chi connectivity index (χ4n) is 8.19. The molecular formula is C41H27N3. The van der Waals surface area contributed by atoms with Gasteiger partial charge in [0, 0.05) is 44.9 Å². The van der Waals surface area contributed by atoms with Gasteiger partial charge in [0.15, 0.2) is 0 Å². The van der Waals surface area contributed by atoms with Crippen LogP contribution < -0.4 is 0 Å². The molecule has 44 heavy (non-hydrogen) atoms. The Kier molecular flexibility index (Phi) is 4.52. The van der Waals surface area contributed by atoms with E-state index in [2.05, 4.69) is 140 Å². The van der Waals surface area contributed by atoms with Gasteiger partial charge in [0.2, 0.25) is 0 Å². The Morgan fingerprint density at radius 3 is 1.95 bits per heavy atom. The molecule has 0 N–H and O–H groups in total. The van der Waals surface area contributed by atoms with Gasteiger partial charge in [-0.2, -0.15) is 0 Å². The Bertz CT molecular complexity index is 2660. The largest absolute Gasteiger partial charge is 0.293 e. The predicted octanol–water partition coefficient (Wildman–Crippen LogP) is 10.5. The molecule has 6 aromatic carbocycles. The SMILES string of the molecule is CC1(C)c2ccccc2-c2c1c1ncccc1c1c3ccccc3n(-c3cc4c5ccccc5c5ccccc5c4cn3)c21. The third-order valence-corrected chi connectivity index (χ3v) is 10.0. The standard InChI is InChI=1S/C41H27N3/c1-41(2)33-19-9-7-16-28(33)37-38(41)39-30(18-11-21-42-39)36-29-17-8-10-20-34(29)44(40(36)37)35-22-31-26-14-5-3-12-24(26)25-13-4-6-15-27(25)32(31)23-43-35/h3-23H,1-2H3. The lowest BCUT2D eigenvalue weighted by atomic mass is 9.81. The molecule has 0 radical (unpaired) electrons. The van der Waals surface area contributed by atoms with Crippen molar-refractivity contribution >= 4 is 65.0 Å². The minimum Gasteiger partial charge on any atom is -0.293 e. The van der Waals surface area contributed by atoms with Gasteiger partial charge in [0.05, 0.1) is 16.6 Å². The highest BCUT2D eigenvalue weighted by Crippen LogP contribution is 2.55. The number of rotatable bonds is 1. The molecule has 3 aromatic heterocycles. The van der Waals surface area contributed by atoms with E-state index in [9.17, 15) is 0 Å². The number of hydrogen-bond donors (Lipinski definition) is 0. The average molecular weight is 562 g/mol. The van der Waals surface area contributed by atoms with Crippen molar-refractivity contribution in [1.82, 2.24) is 14.5 Å². The molecule has 0 amide bonds. The van der Waals surface area contributed by atoms with Gasteiger partial charge < -0.3 is 0 Å². The molecule has 0 fully saturated rings. The van der Waals surface area contributed by atoms with Crippen LogP contribution in [0.2, 0.25) is 0 Å². The van der Waals surface area contributed by atoms with E-state index in [-0.39, 0.29) is 5.41 Å². The summed E-state index contributed by atoms with van der Waals surface area (Å²) in [5.74, 6) is 0.928. The van der Waals surface area contributed by atoms with E-state index in [0.717, 1.165) is 16.9 Å². The van der Waals surface area contributed by atoms with Crippen molar-refractivity contribution in [3.05, 3.63) is 139 Å². The molecule has 3 nitrogen and oxygen atoms in total. The third kappa shape index (κ3) is 2.87. The van der Waals surface area contributed by atoms with E-state index in [0.29, 0.717) is 0 Å². The molecule has 0 saturated heterocycles. The van der Waals surface area contributed by atoms with Gasteiger partial charge in [0.1, 0.15) is 5.82 Å². The first-order chi connectivity index (χ1) is 21.6. The monoisotopic (exact) mass is 561 g/mol. The number of nitrogens with zero attached hydrogens (tertiary/aromatic N) is 3. The predicted molar refractivity (Wildman–Crippen MR) is 184 cm³/mol. The number of fused-ring (bicyclic) bond motifs is 16. The summed E-state index contributed by atoms with van der Waals surface area (Å²) >= 11 is 0. The van der Waals surface area contributed by atoms with Crippen LogP contribution in [0, 0.1) is 0 Å². The van der Waals surface area contributed by atoms with Crippen molar-refractivity contribution in [2.24, 2.45) is 0 Å². The molecule has 0 saturated carbocycles. The maximum Gasteiger partial charge on any atom is 0.138 e. The molecule has 0 bridgehead atoms. The van der Waals surface area contributed by atoms with E-state index in [4.69, 9.17) is 9.97 Å². The Hall–Kier alpha value is -5.54. The molecule has 1 aliphatic carbocycles. The lowest BCUT2D eigenvalue weighted by molar-refractivity contribution is 0.665. The molecule has 3 heterocycles. The molecule has 0 unspecified atom stereocenters. The molecule has 10 rings (SSSR count). The van der Waals surface area contributed by atoms with E-state index in [1.165, 1.54) is 76.2 Å². The van der Waals surface area contributed by atoms with Crippen molar-refractivity contribution in [3.8, 4) is 16.9 Å². The van der Waals surface area contributed by atoms with Crippen LogP contribution in [0.5, 0.6) is 0 Å². The molecule has 1 aliphatic rings. The lowest BCUT2D eigenvalue weighted by Gasteiger charge is -2.23. The van der Waals surface area contributed by atoms with Gasteiger partial charge in [-0.15, -0.1) is 0 Å². The van der Waals surface area contributed by atoms with Crippen molar-refractivity contribution in [3.63, 3.8) is 0 Å². The second-order valence-corrected chi connectivity index (χ2v) is 12.6.